The lowest BCUT2D eigenvalue weighted by Gasteiger charge is -2.66. The minimum absolute atomic E-state index is 0.0168. The number of rotatable bonds is 10. The fraction of sp³-hybridized carbons (Fsp3) is 0.778. The van der Waals surface area contributed by atoms with Crippen LogP contribution in [0.2, 0.25) is 0 Å². The third-order valence-corrected chi connectivity index (χ3v) is 13.0. The van der Waals surface area contributed by atoms with Gasteiger partial charge in [-0.05, 0) is 73.2 Å². The molecule has 4 aliphatic rings. The summed E-state index contributed by atoms with van der Waals surface area (Å²) in [4.78, 5) is 41.6. The first-order valence-electron chi connectivity index (χ1n) is 16.5. The molecule has 0 aromatic rings. The average Bonchev–Trinajstić information content (AvgIpc) is 2.95. The van der Waals surface area contributed by atoms with E-state index < -0.39 is 16.2 Å². The summed E-state index contributed by atoms with van der Waals surface area (Å²) in [7, 11) is 0. The average molecular weight is 594 g/mol. The highest BCUT2D eigenvalue weighted by Crippen LogP contribution is 2.72. The van der Waals surface area contributed by atoms with Gasteiger partial charge in [0.2, 0.25) is 5.91 Å². The maximum atomic E-state index is 14.3. The number of carbonyl (C=O) groups excluding carboxylic acids is 3. The summed E-state index contributed by atoms with van der Waals surface area (Å²) in [6.45, 7) is 19.1. The van der Waals surface area contributed by atoms with Crippen LogP contribution in [0.15, 0.2) is 23.3 Å². The maximum Gasteiger partial charge on any atom is 0.226 e. The maximum absolute atomic E-state index is 14.3. The number of hydrogen-bond acceptors (Lipinski definition) is 6. The zero-order chi connectivity index (χ0) is 32.1. The highest BCUT2D eigenvalue weighted by molar-refractivity contribution is 6.04. The smallest absolute Gasteiger partial charge is 0.226 e. The number of Topliss-reactive ketones (excluding diaryl/α,β-unsaturated/α-hetero) is 1. The van der Waals surface area contributed by atoms with Crippen molar-refractivity contribution >= 4 is 17.5 Å². The van der Waals surface area contributed by atoms with Gasteiger partial charge in [-0.1, -0.05) is 73.5 Å². The monoisotopic (exact) mass is 593 g/mol. The predicted octanol–water partition coefficient (Wildman–Crippen LogP) is 6.08. The second kappa shape index (κ2) is 11.6. The van der Waals surface area contributed by atoms with Crippen LogP contribution < -0.4 is 11.1 Å². The first-order valence-corrected chi connectivity index (χ1v) is 16.5. The second-order valence-corrected chi connectivity index (χ2v) is 16.0. The standard InChI is InChI=1S/C36H55N3O4/c1-9-31(2,3)12-14-36(30(42)39-17-19-43-18-16-37)15-13-34(7)25(22-36)26(40)20-28-33(6)21-24(23-38)29(41)32(4,5)27(33)10-11-35(28,34)8/h20-21,25,27H,9-19,22,37H2,1-8H3,(H,39,42)/t25-,27-,33-,34+,35+,36-/m0/s1. The lowest BCUT2D eigenvalue weighted by Crippen LogP contribution is -2.62. The summed E-state index contributed by atoms with van der Waals surface area (Å²) in [5.41, 5.74) is 4.47. The van der Waals surface area contributed by atoms with Crippen molar-refractivity contribution in [3.8, 4) is 6.07 Å². The number of ether oxygens (including phenoxy) is 1. The fourth-order valence-electron chi connectivity index (χ4n) is 9.42. The summed E-state index contributed by atoms with van der Waals surface area (Å²) in [5.74, 6) is -0.212. The van der Waals surface area contributed by atoms with Crippen molar-refractivity contribution in [3.05, 3.63) is 23.3 Å². The van der Waals surface area contributed by atoms with E-state index in [2.05, 4.69) is 52.9 Å². The van der Waals surface area contributed by atoms with Crippen LogP contribution in [0.4, 0.5) is 0 Å². The van der Waals surface area contributed by atoms with Crippen molar-refractivity contribution < 1.29 is 19.1 Å². The molecule has 0 radical (unpaired) electrons. The number of hydrogen-bond donors (Lipinski definition) is 2. The highest BCUT2D eigenvalue weighted by Gasteiger charge is 2.67. The Kier molecular flexibility index (Phi) is 9.03. The molecular formula is C36H55N3O4. The van der Waals surface area contributed by atoms with Crippen molar-refractivity contribution in [2.75, 3.05) is 26.3 Å². The molecule has 6 atom stereocenters. The Bertz CT molecular complexity index is 1260. The zero-order valence-electron chi connectivity index (χ0n) is 28.0. The number of nitriles is 1. The van der Waals surface area contributed by atoms with Crippen LogP contribution in [0.25, 0.3) is 0 Å². The van der Waals surface area contributed by atoms with Crippen molar-refractivity contribution in [1.29, 1.82) is 5.26 Å². The Hall–Kier alpha value is -2.30. The van der Waals surface area contributed by atoms with Crippen LogP contribution in [0, 0.1) is 55.7 Å². The SMILES string of the molecule is CCC(C)(C)CC[C@]1(C(=O)NCCOCCN)CC[C@]2(C)[C@@H](C1)C(=O)C=C1[C@@]3(C)C=C(C#N)C(=O)C(C)(C)[C@@H]3CC[C@]12C. The second-order valence-electron chi connectivity index (χ2n) is 16.0. The van der Waals surface area contributed by atoms with Crippen molar-refractivity contribution in [2.45, 2.75) is 107 Å². The number of nitrogens with two attached hydrogens (primary N) is 1. The van der Waals surface area contributed by atoms with E-state index >= 15 is 0 Å². The third kappa shape index (κ3) is 5.35. The Morgan fingerprint density at radius 3 is 2.47 bits per heavy atom. The summed E-state index contributed by atoms with van der Waals surface area (Å²) in [5, 5.41) is 13.1. The largest absolute Gasteiger partial charge is 0.378 e. The molecule has 2 fully saturated rings. The minimum atomic E-state index is -0.683. The lowest BCUT2D eigenvalue weighted by molar-refractivity contribution is -0.154. The molecule has 0 aliphatic heterocycles. The summed E-state index contributed by atoms with van der Waals surface area (Å²) < 4.78 is 5.52. The van der Waals surface area contributed by atoms with Crippen LogP contribution in [0.1, 0.15) is 107 Å². The topological polar surface area (TPSA) is 122 Å². The van der Waals surface area contributed by atoms with E-state index in [4.69, 9.17) is 10.5 Å². The molecular weight excluding hydrogens is 538 g/mol. The molecule has 3 N–H and O–H groups in total. The molecule has 7 nitrogen and oxygen atoms in total. The number of nitrogens with zero attached hydrogens (tertiary/aromatic N) is 1. The molecule has 0 unspecified atom stereocenters. The number of carbonyl (C=O) groups is 3. The van der Waals surface area contributed by atoms with Gasteiger partial charge in [0.05, 0.1) is 18.8 Å². The van der Waals surface area contributed by atoms with E-state index in [0.717, 1.165) is 50.5 Å². The molecule has 2 saturated carbocycles. The van der Waals surface area contributed by atoms with E-state index in [0.29, 0.717) is 32.7 Å². The number of fused-ring (bicyclic) bond motifs is 5. The summed E-state index contributed by atoms with van der Waals surface area (Å²) in [6, 6.07) is 2.17. The van der Waals surface area contributed by atoms with E-state index in [1.54, 1.807) is 0 Å². The molecule has 0 saturated heterocycles. The molecule has 1 amide bonds. The van der Waals surface area contributed by atoms with E-state index in [-0.39, 0.29) is 51.1 Å². The molecule has 7 heteroatoms. The van der Waals surface area contributed by atoms with Crippen LogP contribution in [0.5, 0.6) is 0 Å². The normalized spacial score (nSPS) is 36.8. The fourth-order valence-corrected chi connectivity index (χ4v) is 9.42. The van der Waals surface area contributed by atoms with Gasteiger partial charge in [-0.15, -0.1) is 0 Å². The molecule has 4 rings (SSSR count). The Labute approximate surface area is 259 Å². The Morgan fingerprint density at radius 2 is 1.84 bits per heavy atom. The predicted molar refractivity (Wildman–Crippen MR) is 169 cm³/mol. The number of ketones is 2. The first-order chi connectivity index (χ1) is 20.0. The molecule has 0 bridgehead atoms. The van der Waals surface area contributed by atoms with Crippen LogP contribution >= 0.6 is 0 Å². The van der Waals surface area contributed by atoms with E-state index in [9.17, 15) is 19.6 Å². The molecule has 0 spiro atoms. The Balaban J connectivity index is 1.73. The van der Waals surface area contributed by atoms with Crippen molar-refractivity contribution in [2.24, 2.45) is 50.1 Å². The molecule has 0 aromatic heterocycles. The van der Waals surface area contributed by atoms with Gasteiger partial charge >= 0.3 is 0 Å². The number of amides is 1. The quantitative estimate of drug-likeness (QED) is 0.296. The van der Waals surface area contributed by atoms with Crippen molar-refractivity contribution in [3.63, 3.8) is 0 Å². The molecule has 238 valence electrons. The molecule has 43 heavy (non-hydrogen) atoms. The van der Waals surface area contributed by atoms with E-state index in [1.807, 2.05) is 26.0 Å². The highest BCUT2D eigenvalue weighted by atomic mass is 16.5. The minimum Gasteiger partial charge on any atom is -0.378 e. The van der Waals surface area contributed by atoms with Crippen LogP contribution in [-0.4, -0.2) is 43.8 Å². The van der Waals surface area contributed by atoms with Gasteiger partial charge in [0, 0.05) is 35.3 Å². The van der Waals surface area contributed by atoms with Crippen LogP contribution in [0.3, 0.4) is 0 Å². The number of allylic oxidation sites excluding steroid dienone is 4. The van der Waals surface area contributed by atoms with Crippen molar-refractivity contribution in [1.82, 2.24) is 5.32 Å². The summed E-state index contributed by atoms with van der Waals surface area (Å²) in [6.07, 6.45) is 10.2. The number of nitrogens with one attached hydrogen (secondary N) is 1. The van der Waals surface area contributed by atoms with Gasteiger partial charge in [-0.2, -0.15) is 5.26 Å². The first kappa shape index (κ1) is 33.6. The van der Waals surface area contributed by atoms with Gasteiger partial charge < -0.3 is 15.8 Å². The summed E-state index contributed by atoms with van der Waals surface area (Å²) >= 11 is 0. The lowest BCUT2D eigenvalue weighted by atomic mass is 9.36. The van der Waals surface area contributed by atoms with Gasteiger partial charge in [-0.25, -0.2) is 0 Å². The van der Waals surface area contributed by atoms with Gasteiger partial charge in [0.25, 0.3) is 0 Å². The zero-order valence-corrected chi connectivity index (χ0v) is 28.0. The molecule has 0 heterocycles. The van der Waals surface area contributed by atoms with Gasteiger partial charge in [0.15, 0.2) is 11.6 Å². The molecule has 4 aliphatic carbocycles. The van der Waals surface area contributed by atoms with Gasteiger partial charge in [0.1, 0.15) is 6.07 Å². The Morgan fingerprint density at radius 1 is 1.14 bits per heavy atom. The van der Waals surface area contributed by atoms with Crippen LogP contribution in [-0.2, 0) is 19.1 Å². The van der Waals surface area contributed by atoms with Gasteiger partial charge in [-0.3, -0.25) is 14.4 Å². The third-order valence-electron chi connectivity index (χ3n) is 13.0. The molecule has 0 aromatic carbocycles. The van der Waals surface area contributed by atoms with E-state index in [1.165, 1.54) is 0 Å².